The predicted molar refractivity (Wildman–Crippen MR) is 116 cm³/mol. The van der Waals surface area contributed by atoms with Crippen LogP contribution < -0.4 is 10.1 Å². The Morgan fingerprint density at radius 2 is 1.77 bits per heavy atom. The number of rotatable bonds is 6. The standard InChI is InChI=1S/C25H30N2O3/c1-30-22-10-6-18(7-11-22)17-26-25(29)20-12-14-27(15-13-20)24(28)16-21-9-8-19-4-2-3-5-23(19)21/h2-7,10-11,20-21H,8-9,12-17H2,1H3,(H,26,29). The van der Waals surface area contributed by atoms with Gasteiger partial charge in [0.1, 0.15) is 5.75 Å². The van der Waals surface area contributed by atoms with Gasteiger partial charge in [0.25, 0.3) is 0 Å². The Kier molecular flexibility index (Phi) is 6.36. The zero-order chi connectivity index (χ0) is 20.9. The summed E-state index contributed by atoms with van der Waals surface area (Å²) in [6, 6.07) is 16.2. The predicted octanol–water partition coefficient (Wildman–Crippen LogP) is 3.67. The SMILES string of the molecule is COc1ccc(CNC(=O)C2CCN(C(=O)CC3CCc4ccccc43)CC2)cc1. The Morgan fingerprint density at radius 3 is 2.50 bits per heavy atom. The summed E-state index contributed by atoms with van der Waals surface area (Å²) in [6.07, 6.45) is 4.20. The fourth-order valence-electron chi connectivity index (χ4n) is 4.67. The van der Waals surface area contributed by atoms with Crippen LogP contribution in [0.15, 0.2) is 48.5 Å². The minimum absolute atomic E-state index is 0.0143. The van der Waals surface area contributed by atoms with E-state index in [0.717, 1.165) is 37.0 Å². The van der Waals surface area contributed by atoms with Crippen molar-refractivity contribution in [3.05, 3.63) is 65.2 Å². The van der Waals surface area contributed by atoms with Crippen molar-refractivity contribution in [1.82, 2.24) is 10.2 Å². The van der Waals surface area contributed by atoms with Gasteiger partial charge < -0.3 is 15.0 Å². The Morgan fingerprint density at radius 1 is 1.03 bits per heavy atom. The molecule has 1 saturated heterocycles. The second-order valence-corrected chi connectivity index (χ2v) is 8.36. The summed E-state index contributed by atoms with van der Waals surface area (Å²) in [5.41, 5.74) is 3.79. The minimum Gasteiger partial charge on any atom is -0.497 e. The molecule has 1 heterocycles. The quantitative estimate of drug-likeness (QED) is 0.796. The van der Waals surface area contributed by atoms with Crippen LogP contribution in [0.3, 0.4) is 0 Å². The van der Waals surface area contributed by atoms with E-state index < -0.39 is 0 Å². The van der Waals surface area contributed by atoms with Crippen molar-refractivity contribution in [1.29, 1.82) is 0 Å². The summed E-state index contributed by atoms with van der Waals surface area (Å²) in [6.45, 7) is 1.87. The van der Waals surface area contributed by atoms with Gasteiger partial charge in [0.05, 0.1) is 7.11 Å². The van der Waals surface area contributed by atoms with Crippen molar-refractivity contribution in [3.63, 3.8) is 0 Å². The molecule has 0 aromatic heterocycles. The maximum Gasteiger partial charge on any atom is 0.223 e. The van der Waals surface area contributed by atoms with Crippen LogP contribution in [0.2, 0.25) is 0 Å². The van der Waals surface area contributed by atoms with Crippen molar-refractivity contribution >= 4 is 11.8 Å². The van der Waals surface area contributed by atoms with Crippen LogP contribution in [0, 0.1) is 5.92 Å². The Hall–Kier alpha value is -2.82. The highest BCUT2D eigenvalue weighted by atomic mass is 16.5. The van der Waals surface area contributed by atoms with Gasteiger partial charge in [0, 0.05) is 32.0 Å². The Bertz CT molecular complexity index is 886. The first-order valence-corrected chi connectivity index (χ1v) is 10.9. The maximum atomic E-state index is 12.8. The number of methoxy groups -OCH3 is 1. The zero-order valence-electron chi connectivity index (χ0n) is 17.6. The smallest absolute Gasteiger partial charge is 0.223 e. The Labute approximate surface area is 178 Å². The van der Waals surface area contributed by atoms with Gasteiger partial charge in [-0.3, -0.25) is 9.59 Å². The van der Waals surface area contributed by atoms with Crippen LogP contribution in [0.25, 0.3) is 0 Å². The number of hydrogen-bond acceptors (Lipinski definition) is 3. The number of benzene rings is 2. The van der Waals surface area contributed by atoms with Gasteiger partial charge in [0.15, 0.2) is 0 Å². The molecule has 158 valence electrons. The average molecular weight is 407 g/mol. The molecule has 1 aliphatic carbocycles. The van der Waals surface area contributed by atoms with Crippen LogP contribution in [0.1, 0.15) is 48.3 Å². The summed E-state index contributed by atoms with van der Waals surface area (Å²) in [7, 11) is 1.64. The van der Waals surface area contributed by atoms with E-state index in [-0.39, 0.29) is 17.7 Å². The van der Waals surface area contributed by atoms with Gasteiger partial charge in [-0.05, 0) is 60.4 Å². The Balaban J connectivity index is 1.22. The van der Waals surface area contributed by atoms with Crippen LogP contribution in [-0.4, -0.2) is 36.9 Å². The van der Waals surface area contributed by atoms with Crippen molar-refractivity contribution in [2.45, 2.75) is 44.6 Å². The molecule has 5 heteroatoms. The van der Waals surface area contributed by atoms with Crippen LogP contribution in [0.5, 0.6) is 5.75 Å². The van der Waals surface area contributed by atoms with E-state index in [0.29, 0.717) is 32.0 Å². The highest BCUT2D eigenvalue weighted by Crippen LogP contribution is 2.36. The lowest BCUT2D eigenvalue weighted by Gasteiger charge is -2.32. The molecule has 5 nitrogen and oxygen atoms in total. The van der Waals surface area contributed by atoms with Gasteiger partial charge in [-0.15, -0.1) is 0 Å². The summed E-state index contributed by atoms with van der Waals surface area (Å²) in [5.74, 6) is 1.46. The third-order valence-electron chi connectivity index (χ3n) is 6.52. The van der Waals surface area contributed by atoms with Gasteiger partial charge >= 0.3 is 0 Å². The van der Waals surface area contributed by atoms with Gasteiger partial charge in [-0.1, -0.05) is 36.4 Å². The number of ether oxygens (including phenoxy) is 1. The van der Waals surface area contributed by atoms with E-state index in [1.54, 1.807) is 7.11 Å². The molecule has 0 bridgehead atoms. The van der Waals surface area contributed by atoms with E-state index in [9.17, 15) is 9.59 Å². The van der Waals surface area contributed by atoms with Crippen LogP contribution in [0.4, 0.5) is 0 Å². The molecule has 4 rings (SSSR count). The third-order valence-corrected chi connectivity index (χ3v) is 6.52. The number of hydrogen-bond donors (Lipinski definition) is 1. The summed E-state index contributed by atoms with van der Waals surface area (Å²) in [5, 5.41) is 3.04. The lowest BCUT2D eigenvalue weighted by atomic mass is 9.93. The van der Waals surface area contributed by atoms with Crippen molar-refractivity contribution in [3.8, 4) is 5.75 Å². The first kappa shape index (κ1) is 20.5. The number of likely N-dealkylation sites (tertiary alicyclic amines) is 1. The number of aryl methyl sites for hydroxylation is 1. The fraction of sp³-hybridized carbons (Fsp3) is 0.440. The minimum atomic E-state index is -0.0143. The number of nitrogens with one attached hydrogen (secondary N) is 1. The van der Waals surface area contributed by atoms with E-state index in [4.69, 9.17) is 4.74 Å². The molecular formula is C25H30N2O3. The zero-order valence-corrected chi connectivity index (χ0v) is 17.6. The number of piperidine rings is 1. The van der Waals surface area contributed by atoms with E-state index in [1.807, 2.05) is 29.2 Å². The largest absolute Gasteiger partial charge is 0.497 e. The highest BCUT2D eigenvalue weighted by Gasteiger charge is 2.30. The van der Waals surface area contributed by atoms with Crippen molar-refractivity contribution in [2.75, 3.05) is 20.2 Å². The number of carbonyl (C=O) groups excluding carboxylic acids is 2. The molecule has 1 N–H and O–H groups in total. The summed E-state index contributed by atoms with van der Waals surface area (Å²) in [4.78, 5) is 27.3. The number of carbonyl (C=O) groups is 2. The molecule has 1 aliphatic heterocycles. The van der Waals surface area contributed by atoms with E-state index >= 15 is 0 Å². The second-order valence-electron chi connectivity index (χ2n) is 8.36. The van der Waals surface area contributed by atoms with Crippen molar-refractivity contribution in [2.24, 2.45) is 5.92 Å². The summed E-state index contributed by atoms with van der Waals surface area (Å²) >= 11 is 0. The van der Waals surface area contributed by atoms with Crippen LogP contribution >= 0.6 is 0 Å². The van der Waals surface area contributed by atoms with Crippen LogP contribution in [-0.2, 0) is 22.6 Å². The maximum absolute atomic E-state index is 12.8. The second kappa shape index (κ2) is 9.33. The molecule has 2 aromatic rings. The molecule has 2 amide bonds. The molecule has 0 spiro atoms. The lowest BCUT2D eigenvalue weighted by Crippen LogP contribution is -2.43. The topological polar surface area (TPSA) is 58.6 Å². The van der Waals surface area contributed by atoms with Gasteiger partial charge in [0.2, 0.25) is 11.8 Å². The fourth-order valence-corrected chi connectivity index (χ4v) is 4.67. The lowest BCUT2D eigenvalue weighted by molar-refractivity contribution is -0.136. The molecule has 2 aliphatic rings. The molecule has 1 unspecified atom stereocenters. The molecule has 1 atom stereocenters. The highest BCUT2D eigenvalue weighted by molar-refractivity contribution is 5.80. The van der Waals surface area contributed by atoms with Gasteiger partial charge in [-0.25, -0.2) is 0 Å². The molecular weight excluding hydrogens is 376 g/mol. The molecule has 2 aromatic carbocycles. The average Bonchev–Trinajstić information content (AvgIpc) is 3.20. The molecule has 0 saturated carbocycles. The number of amides is 2. The monoisotopic (exact) mass is 406 g/mol. The molecule has 1 fully saturated rings. The van der Waals surface area contributed by atoms with E-state index in [2.05, 4.69) is 29.6 Å². The number of fused-ring (bicyclic) bond motifs is 1. The summed E-state index contributed by atoms with van der Waals surface area (Å²) < 4.78 is 5.16. The van der Waals surface area contributed by atoms with Crippen molar-refractivity contribution < 1.29 is 14.3 Å². The first-order chi connectivity index (χ1) is 14.6. The normalized spacial score (nSPS) is 18.7. The molecule has 0 radical (unpaired) electrons. The first-order valence-electron chi connectivity index (χ1n) is 10.9. The number of nitrogens with zero attached hydrogens (tertiary/aromatic N) is 1. The molecule has 30 heavy (non-hydrogen) atoms. The van der Waals surface area contributed by atoms with E-state index in [1.165, 1.54) is 11.1 Å². The third kappa shape index (κ3) is 4.66. The van der Waals surface area contributed by atoms with Gasteiger partial charge in [-0.2, -0.15) is 0 Å².